The first-order chi connectivity index (χ1) is 21.8. The molecule has 0 amide bonds. The number of anilines is 2. The van der Waals surface area contributed by atoms with Crippen molar-refractivity contribution in [3.8, 4) is 0 Å². The Labute approximate surface area is 254 Å². The normalized spacial score (nSPS) is 37.4. The molecule has 4 unspecified atom stereocenters. The number of nitrogens with one attached hydrogen (secondary N) is 1. The van der Waals surface area contributed by atoms with Crippen LogP contribution in [0, 0.1) is 0 Å². The summed E-state index contributed by atoms with van der Waals surface area (Å²) in [6.45, 7) is -1.60. The van der Waals surface area contributed by atoms with Crippen LogP contribution in [0.3, 0.4) is 0 Å². The topological polar surface area (TPSA) is 309 Å². The number of nitrogens with two attached hydrogens (primary N) is 2. The number of nitrogens with zero attached hydrogens (tertiary/aromatic N) is 7. The van der Waals surface area contributed by atoms with Gasteiger partial charge in [-0.2, -0.15) is 4.98 Å². The van der Waals surface area contributed by atoms with Gasteiger partial charge in [0.15, 0.2) is 41.3 Å². The smallest absolute Gasteiger partial charge is 0.386 e. The van der Waals surface area contributed by atoms with E-state index in [1.807, 2.05) is 0 Å². The molecule has 3 aliphatic heterocycles. The zero-order valence-corrected chi connectivity index (χ0v) is 24.8. The Morgan fingerprint density at radius 1 is 0.935 bits per heavy atom. The molecule has 0 spiro atoms. The van der Waals surface area contributed by atoms with Crippen LogP contribution in [0.4, 0.5) is 16.2 Å². The molecule has 0 aliphatic carbocycles. The minimum Gasteiger partial charge on any atom is -0.386 e. The molecule has 7 heterocycles. The van der Waals surface area contributed by atoms with Gasteiger partial charge < -0.3 is 45.1 Å². The molecule has 7 rings (SSSR count). The SMILES string of the molecule is Nc1nc2c(ncn2[C@@H]2O[C@@H]3COP(=O)(O)CO[C@@H]4C(F)[C@H](n5cnc6c(N)ncnc65)O[C@@H]4COP(=O)(O)O[C@@H]3C2O)c(=O)[nH]1. The van der Waals surface area contributed by atoms with Gasteiger partial charge in [-0.05, 0) is 0 Å². The molecule has 8 N–H and O–H groups in total. The zero-order chi connectivity index (χ0) is 32.5. The van der Waals surface area contributed by atoms with Gasteiger partial charge in [0.1, 0.15) is 48.7 Å². The third-order valence-corrected chi connectivity index (χ3v) is 9.50. The number of phosphoric ester groups is 1. The van der Waals surface area contributed by atoms with E-state index >= 15 is 4.39 Å². The lowest BCUT2D eigenvalue weighted by Crippen LogP contribution is -2.36. The standard InChI is InChI=1S/C21H25FN10O12P2/c22-9-13-7(42-19(9)31-4-27-10-15(23)25-3-26-16(10)31)2-41-46(37,38)44-14-8(1-40-45(35,36)6-39-13)43-20(12(14)33)32-5-28-11-17(32)29-21(24)30-18(11)34/h3-5,7-9,12-14,19-20,33H,1-2,6H2,(H,35,36)(H,37,38)(H2,23,25,26)(H3,24,29,30,34)/t7-,8-,9?,12?,13+,14+,19-,20-/m1/s1. The fourth-order valence-electron chi connectivity index (χ4n) is 5.41. The lowest BCUT2D eigenvalue weighted by Gasteiger charge is -2.24. The van der Waals surface area contributed by atoms with E-state index in [0.717, 1.165) is 17.2 Å². The molecule has 0 bridgehead atoms. The van der Waals surface area contributed by atoms with Gasteiger partial charge in [-0.3, -0.25) is 32.5 Å². The first-order valence-corrected chi connectivity index (χ1v) is 16.6. The molecule has 248 valence electrons. The van der Waals surface area contributed by atoms with E-state index in [2.05, 4.69) is 29.9 Å². The Hall–Kier alpha value is -3.47. The molecular weight excluding hydrogens is 665 g/mol. The second kappa shape index (κ2) is 11.3. The summed E-state index contributed by atoms with van der Waals surface area (Å²) >= 11 is 0. The highest BCUT2D eigenvalue weighted by Crippen LogP contribution is 2.52. The molecule has 0 radical (unpaired) electrons. The van der Waals surface area contributed by atoms with Crippen molar-refractivity contribution in [2.24, 2.45) is 0 Å². The van der Waals surface area contributed by atoms with Crippen LogP contribution in [0.25, 0.3) is 22.3 Å². The number of aromatic nitrogens is 8. The Balaban J connectivity index is 1.16. The van der Waals surface area contributed by atoms with Crippen LogP contribution < -0.4 is 17.0 Å². The van der Waals surface area contributed by atoms with Crippen LogP contribution in [0.15, 0.2) is 23.8 Å². The van der Waals surface area contributed by atoms with Crippen molar-refractivity contribution >= 4 is 49.5 Å². The van der Waals surface area contributed by atoms with Crippen molar-refractivity contribution in [2.75, 3.05) is 31.0 Å². The molecule has 25 heteroatoms. The predicted octanol–water partition coefficient (Wildman–Crippen LogP) is -1.32. The number of H-pyrrole nitrogens is 1. The third-order valence-electron chi connectivity index (χ3n) is 7.49. The number of hydrogen-bond donors (Lipinski definition) is 6. The minimum atomic E-state index is -5.11. The van der Waals surface area contributed by atoms with Gasteiger partial charge in [-0.1, -0.05) is 0 Å². The van der Waals surface area contributed by atoms with Gasteiger partial charge in [0, 0.05) is 0 Å². The predicted molar refractivity (Wildman–Crippen MR) is 147 cm³/mol. The van der Waals surface area contributed by atoms with Crippen molar-refractivity contribution < 1.29 is 56.2 Å². The van der Waals surface area contributed by atoms with Gasteiger partial charge in [-0.15, -0.1) is 0 Å². The fraction of sp³-hybridized carbons (Fsp3) is 0.524. The number of hydrogen-bond acceptors (Lipinski definition) is 17. The van der Waals surface area contributed by atoms with E-state index in [4.69, 9.17) is 39.2 Å². The maximum absolute atomic E-state index is 15.8. The Morgan fingerprint density at radius 3 is 2.39 bits per heavy atom. The van der Waals surface area contributed by atoms with E-state index < -0.39 is 89.7 Å². The number of halogens is 1. The average Bonchev–Trinajstić information content (AvgIpc) is 3.75. The molecule has 4 aromatic heterocycles. The molecule has 0 saturated carbocycles. The largest absolute Gasteiger partial charge is 0.472 e. The fourth-order valence-corrected chi connectivity index (χ4v) is 7.19. The number of aliphatic hydroxyl groups excluding tert-OH is 1. The third kappa shape index (κ3) is 5.48. The summed E-state index contributed by atoms with van der Waals surface area (Å²) in [4.78, 5) is 55.5. The first kappa shape index (κ1) is 31.1. The quantitative estimate of drug-likeness (QED) is 0.133. The van der Waals surface area contributed by atoms with Crippen molar-refractivity contribution in [1.29, 1.82) is 0 Å². The van der Waals surface area contributed by atoms with E-state index in [1.54, 1.807) is 0 Å². The minimum absolute atomic E-state index is 0.0185. The van der Waals surface area contributed by atoms with E-state index in [9.17, 15) is 28.8 Å². The number of nitrogen functional groups attached to an aromatic ring is 2. The zero-order valence-electron chi connectivity index (χ0n) is 23.0. The molecule has 10 atom stereocenters. The number of aromatic amines is 1. The second-order valence-corrected chi connectivity index (χ2v) is 13.6. The van der Waals surface area contributed by atoms with Crippen LogP contribution in [-0.2, 0) is 36.9 Å². The van der Waals surface area contributed by atoms with Crippen molar-refractivity contribution in [2.45, 2.75) is 49.1 Å². The van der Waals surface area contributed by atoms with Crippen LogP contribution in [0.2, 0.25) is 0 Å². The molecule has 46 heavy (non-hydrogen) atoms. The van der Waals surface area contributed by atoms with Gasteiger partial charge in [0.2, 0.25) is 5.95 Å². The van der Waals surface area contributed by atoms with Crippen LogP contribution in [0.1, 0.15) is 12.5 Å². The summed E-state index contributed by atoms with van der Waals surface area (Å²) in [7, 11) is -9.78. The Morgan fingerprint density at radius 2 is 1.61 bits per heavy atom. The number of fused-ring (bicyclic) bond motifs is 4. The lowest BCUT2D eigenvalue weighted by atomic mass is 10.1. The lowest BCUT2D eigenvalue weighted by molar-refractivity contribution is -0.0591. The summed E-state index contributed by atoms with van der Waals surface area (Å²) in [6, 6.07) is 0. The summed E-state index contributed by atoms with van der Waals surface area (Å²) in [6.07, 6.45) is -10.6. The second-order valence-electron chi connectivity index (χ2n) is 10.5. The van der Waals surface area contributed by atoms with Crippen molar-refractivity contribution in [1.82, 2.24) is 39.0 Å². The molecule has 4 aromatic rings. The number of rotatable bonds is 2. The number of phosphoric acid groups is 1. The molecule has 3 aliphatic rings. The van der Waals surface area contributed by atoms with Gasteiger partial charge >= 0.3 is 15.4 Å². The Bertz CT molecular complexity index is 1960. The summed E-state index contributed by atoms with van der Waals surface area (Å²) in [5, 5.41) is 11.2. The number of alkyl halides is 1. The van der Waals surface area contributed by atoms with Gasteiger partial charge in [-0.25, -0.2) is 28.9 Å². The van der Waals surface area contributed by atoms with Crippen LogP contribution in [0.5, 0.6) is 0 Å². The number of ether oxygens (including phenoxy) is 3. The average molecular weight is 690 g/mol. The van der Waals surface area contributed by atoms with Crippen molar-refractivity contribution in [3.05, 3.63) is 29.3 Å². The summed E-state index contributed by atoms with van der Waals surface area (Å²) in [5.41, 5.74) is 10.8. The number of imidazole rings is 2. The summed E-state index contributed by atoms with van der Waals surface area (Å²) in [5.74, 6) is -0.253. The molecule has 0 aromatic carbocycles. The molecule has 3 saturated heterocycles. The maximum Gasteiger partial charge on any atom is 0.472 e. The number of aliphatic hydroxyl groups is 1. The van der Waals surface area contributed by atoms with Crippen molar-refractivity contribution in [3.63, 3.8) is 0 Å². The maximum atomic E-state index is 15.8. The van der Waals surface area contributed by atoms with Gasteiger partial charge in [0.25, 0.3) is 5.56 Å². The van der Waals surface area contributed by atoms with Crippen LogP contribution >= 0.6 is 15.4 Å². The van der Waals surface area contributed by atoms with E-state index in [0.29, 0.717) is 0 Å². The first-order valence-electron chi connectivity index (χ1n) is 13.3. The van der Waals surface area contributed by atoms with E-state index in [1.165, 1.54) is 10.9 Å². The highest BCUT2D eigenvalue weighted by molar-refractivity contribution is 7.52. The Kier molecular flexibility index (Phi) is 7.68. The van der Waals surface area contributed by atoms with E-state index in [-0.39, 0.29) is 34.1 Å². The molecular formula is C21H25FN10O12P2. The van der Waals surface area contributed by atoms with Gasteiger partial charge in [0.05, 0.1) is 25.9 Å². The monoisotopic (exact) mass is 690 g/mol. The summed E-state index contributed by atoms with van der Waals surface area (Å²) < 4.78 is 76.8. The highest BCUT2D eigenvalue weighted by atomic mass is 31.2. The molecule has 22 nitrogen and oxygen atoms in total. The van der Waals surface area contributed by atoms with Crippen LogP contribution in [-0.4, -0.2) is 110 Å². The highest BCUT2D eigenvalue weighted by Gasteiger charge is 2.53. The molecule has 3 fully saturated rings.